The maximum absolute atomic E-state index is 12.1. The molecule has 0 radical (unpaired) electrons. The zero-order chi connectivity index (χ0) is 13.8. The summed E-state index contributed by atoms with van der Waals surface area (Å²) in [6.45, 7) is 1.70. The lowest BCUT2D eigenvalue weighted by atomic mass is 10.1. The summed E-state index contributed by atoms with van der Waals surface area (Å²) in [5.41, 5.74) is 0.809. The Morgan fingerprint density at radius 1 is 1.32 bits per heavy atom. The Hall–Kier alpha value is -2.08. The van der Waals surface area contributed by atoms with Crippen molar-refractivity contribution < 1.29 is 14.1 Å². The lowest BCUT2D eigenvalue weighted by molar-refractivity contribution is 0.0696. The van der Waals surface area contributed by atoms with E-state index in [9.17, 15) is 9.00 Å². The van der Waals surface area contributed by atoms with Crippen LogP contribution in [0.2, 0.25) is 0 Å². The van der Waals surface area contributed by atoms with Crippen molar-refractivity contribution in [2.75, 3.05) is 0 Å². The van der Waals surface area contributed by atoms with Crippen LogP contribution in [0.25, 0.3) is 0 Å². The van der Waals surface area contributed by atoms with Gasteiger partial charge in [0.05, 0.1) is 22.1 Å². The van der Waals surface area contributed by atoms with Crippen LogP contribution in [0, 0.1) is 6.92 Å². The van der Waals surface area contributed by atoms with Crippen LogP contribution >= 0.6 is 0 Å². The highest BCUT2D eigenvalue weighted by Gasteiger charge is 2.12. The molecule has 0 saturated heterocycles. The first-order valence-electron chi connectivity index (χ1n) is 5.56. The van der Waals surface area contributed by atoms with E-state index in [4.69, 9.17) is 5.11 Å². The van der Waals surface area contributed by atoms with Crippen molar-refractivity contribution in [2.45, 2.75) is 17.6 Å². The number of aryl methyl sites for hydroxylation is 1. The molecule has 0 saturated carbocycles. The van der Waals surface area contributed by atoms with Gasteiger partial charge in [-0.05, 0) is 30.7 Å². The fourth-order valence-corrected chi connectivity index (χ4v) is 2.60. The molecule has 2 aromatic rings. The van der Waals surface area contributed by atoms with E-state index in [2.05, 4.69) is 9.97 Å². The average Bonchev–Trinajstić information content (AvgIpc) is 2.40. The summed E-state index contributed by atoms with van der Waals surface area (Å²) in [7, 11) is -1.36. The van der Waals surface area contributed by atoms with Crippen LogP contribution in [0.5, 0.6) is 0 Å². The molecule has 0 fully saturated rings. The van der Waals surface area contributed by atoms with Crippen LogP contribution in [0.15, 0.2) is 41.6 Å². The van der Waals surface area contributed by atoms with Crippen molar-refractivity contribution in [1.82, 2.24) is 9.97 Å². The molecular formula is C13H12N2O3S. The van der Waals surface area contributed by atoms with Crippen LogP contribution in [-0.2, 0) is 16.6 Å². The van der Waals surface area contributed by atoms with Crippen LogP contribution in [0.3, 0.4) is 0 Å². The van der Waals surface area contributed by atoms with Gasteiger partial charge in [0.25, 0.3) is 0 Å². The van der Waals surface area contributed by atoms with Crippen molar-refractivity contribution in [3.63, 3.8) is 0 Å². The number of carboxylic acid groups (broad SMARTS) is 1. The highest BCUT2D eigenvalue weighted by Crippen LogP contribution is 2.16. The van der Waals surface area contributed by atoms with Gasteiger partial charge in [-0.3, -0.25) is 4.21 Å². The van der Waals surface area contributed by atoms with E-state index in [1.165, 1.54) is 6.07 Å². The van der Waals surface area contributed by atoms with Crippen LogP contribution < -0.4 is 0 Å². The summed E-state index contributed by atoms with van der Waals surface area (Å²) in [5, 5.41) is 9.04. The Labute approximate surface area is 112 Å². The predicted molar refractivity (Wildman–Crippen MR) is 70.3 cm³/mol. The molecule has 0 bridgehead atoms. The molecule has 0 aliphatic heterocycles. The number of hydrogen-bond donors (Lipinski definition) is 1. The van der Waals surface area contributed by atoms with Gasteiger partial charge >= 0.3 is 5.97 Å². The number of benzene rings is 1. The standard InChI is InChI=1S/C13H12N2O3S/c1-9-3-4-10(7-11(9)13(16)17)19(18)8-12-14-5-2-6-15-12/h2-7H,8H2,1H3,(H,16,17). The molecule has 1 unspecified atom stereocenters. The Balaban J connectivity index is 2.25. The Bertz CT molecular complexity index is 629. The van der Waals surface area contributed by atoms with Gasteiger partial charge in [0, 0.05) is 17.3 Å². The van der Waals surface area contributed by atoms with E-state index in [1.54, 1.807) is 37.5 Å². The van der Waals surface area contributed by atoms with Gasteiger partial charge in [0.1, 0.15) is 5.82 Å². The maximum Gasteiger partial charge on any atom is 0.335 e. The molecule has 0 aliphatic carbocycles. The molecule has 1 heterocycles. The molecule has 6 heteroatoms. The van der Waals surface area contributed by atoms with Crippen molar-refractivity contribution in [1.29, 1.82) is 0 Å². The summed E-state index contributed by atoms with van der Waals surface area (Å²) in [5.74, 6) is -0.381. The predicted octanol–water partition coefficient (Wildman–Crippen LogP) is 1.79. The number of rotatable bonds is 4. The zero-order valence-corrected chi connectivity index (χ0v) is 11.1. The van der Waals surface area contributed by atoms with E-state index in [1.807, 2.05) is 0 Å². The van der Waals surface area contributed by atoms with Crippen molar-refractivity contribution in [3.05, 3.63) is 53.6 Å². The third-order valence-electron chi connectivity index (χ3n) is 2.58. The van der Waals surface area contributed by atoms with Gasteiger partial charge in [-0.25, -0.2) is 14.8 Å². The zero-order valence-electron chi connectivity index (χ0n) is 10.2. The SMILES string of the molecule is Cc1ccc(S(=O)Cc2ncccn2)cc1C(=O)O. The number of nitrogens with zero attached hydrogens (tertiary/aromatic N) is 2. The van der Waals surface area contributed by atoms with E-state index < -0.39 is 16.8 Å². The van der Waals surface area contributed by atoms with Crippen LogP contribution in [-0.4, -0.2) is 25.3 Å². The number of aromatic carboxylic acids is 1. The van der Waals surface area contributed by atoms with Crippen LogP contribution in [0.1, 0.15) is 21.7 Å². The first-order valence-corrected chi connectivity index (χ1v) is 6.88. The molecule has 2 rings (SSSR count). The minimum absolute atomic E-state index is 0.167. The molecule has 1 aromatic heterocycles. The molecule has 0 spiro atoms. The second kappa shape index (κ2) is 5.71. The minimum Gasteiger partial charge on any atom is -0.478 e. The summed E-state index contributed by atoms with van der Waals surface area (Å²) < 4.78 is 12.1. The minimum atomic E-state index is -1.36. The largest absolute Gasteiger partial charge is 0.478 e. The summed E-state index contributed by atoms with van der Waals surface area (Å²) >= 11 is 0. The molecule has 1 N–H and O–H groups in total. The first kappa shape index (κ1) is 13.4. The van der Waals surface area contributed by atoms with Crippen molar-refractivity contribution in [2.24, 2.45) is 0 Å². The third-order valence-corrected chi connectivity index (χ3v) is 3.88. The number of carbonyl (C=O) groups is 1. The van der Waals surface area contributed by atoms with Crippen molar-refractivity contribution in [3.8, 4) is 0 Å². The maximum atomic E-state index is 12.1. The quantitative estimate of drug-likeness (QED) is 0.920. The fraction of sp³-hybridized carbons (Fsp3) is 0.154. The second-order valence-corrected chi connectivity index (χ2v) is 5.39. The fourth-order valence-electron chi connectivity index (χ4n) is 1.58. The third kappa shape index (κ3) is 3.23. The van der Waals surface area contributed by atoms with E-state index >= 15 is 0 Å². The van der Waals surface area contributed by atoms with Crippen LogP contribution in [0.4, 0.5) is 0 Å². The topological polar surface area (TPSA) is 80.2 Å². The summed E-state index contributed by atoms with van der Waals surface area (Å²) in [4.78, 5) is 19.5. The number of aromatic nitrogens is 2. The Morgan fingerprint density at radius 3 is 2.63 bits per heavy atom. The lowest BCUT2D eigenvalue weighted by Crippen LogP contribution is -2.04. The van der Waals surface area contributed by atoms with E-state index in [0.29, 0.717) is 16.3 Å². The van der Waals surface area contributed by atoms with E-state index in [-0.39, 0.29) is 11.3 Å². The normalized spacial score (nSPS) is 12.1. The van der Waals surface area contributed by atoms with Gasteiger partial charge in [-0.1, -0.05) is 6.07 Å². The van der Waals surface area contributed by atoms with Gasteiger partial charge < -0.3 is 5.11 Å². The highest BCUT2D eigenvalue weighted by atomic mass is 32.2. The molecule has 19 heavy (non-hydrogen) atoms. The molecule has 1 aromatic carbocycles. The Morgan fingerprint density at radius 2 is 2.00 bits per heavy atom. The molecule has 0 amide bonds. The lowest BCUT2D eigenvalue weighted by Gasteiger charge is -2.05. The molecule has 0 aliphatic rings. The average molecular weight is 276 g/mol. The summed E-state index contributed by atoms with van der Waals surface area (Å²) in [6.07, 6.45) is 3.16. The van der Waals surface area contributed by atoms with Gasteiger partial charge in [-0.15, -0.1) is 0 Å². The van der Waals surface area contributed by atoms with Gasteiger partial charge in [-0.2, -0.15) is 0 Å². The molecule has 1 atom stereocenters. The second-order valence-electron chi connectivity index (χ2n) is 3.94. The van der Waals surface area contributed by atoms with E-state index in [0.717, 1.165) is 0 Å². The summed E-state index contributed by atoms with van der Waals surface area (Å²) in [6, 6.07) is 6.45. The van der Waals surface area contributed by atoms with Crippen molar-refractivity contribution >= 4 is 16.8 Å². The number of hydrogen-bond acceptors (Lipinski definition) is 4. The monoisotopic (exact) mass is 276 g/mol. The Kier molecular flexibility index (Phi) is 4.01. The van der Waals surface area contributed by atoms with Gasteiger partial charge in [0.15, 0.2) is 0 Å². The molecule has 5 nitrogen and oxygen atoms in total. The smallest absolute Gasteiger partial charge is 0.335 e. The number of carboxylic acids is 1. The highest BCUT2D eigenvalue weighted by molar-refractivity contribution is 7.84. The molecule has 98 valence electrons. The van der Waals surface area contributed by atoms with Gasteiger partial charge in [0.2, 0.25) is 0 Å². The first-order chi connectivity index (χ1) is 9.08. The molecular weight excluding hydrogens is 264 g/mol.